The van der Waals surface area contributed by atoms with Crippen molar-refractivity contribution in [3.8, 4) is 0 Å². The minimum atomic E-state index is -0.536. The fourth-order valence-corrected chi connectivity index (χ4v) is 2.03. The maximum atomic E-state index is 12.4. The first kappa shape index (κ1) is 16.0. The number of nitrogens with zero attached hydrogens (tertiary/aromatic N) is 1. The zero-order valence-electron chi connectivity index (χ0n) is 12.0. The van der Waals surface area contributed by atoms with Crippen molar-refractivity contribution in [1.82, 2.24) is 0 Å². The second-order valence-corrected chi connectivity index (χ2v) is 6.04. The van der Waals surface area contributed by atoms with E-state index in [-0.39, 0.29) is 5.91 Å². The number of halogens is 1. The summed E-state index contributed by atoms with van der Waals surface area (Å²) < 4.78 is 0.930. The van der Waals surface area contributed by atoms with Gasteiger partial charge in [0, 0.05) is 25.1 Å². The number of hydrogen-bond donors (Lipinski definition) is 2. The Hall–Kier alpha value is -1.07. The standard InChI is InChI=1S/C14H22BrN3O/c1-5-14(2,9-16)13(19)17-11-8-10(15)6-7-12(11)18(3)4/h6-8H,5,9,16H2,1-4H3,(H,17,19). The zero-order chi connectivity index (χ0) is 14.6. The van der Waals surface area contributed by atoms with Gasteiger partial charge in [-0.15, -0.1) is 0 Å². The molecule has 0 fully saturated rings. The summed E-state index contributed by atoms with van der Waals surface area (Å²) in [4.78, 5) is 14.3. The van der Waals surface area contributed by atoms with Crippen molar-refractivity contribution in [2.24, 2.45) is 11.1 Å². The smallest absolute Gasteiger partial charge is 0.231 e. The van der Waals surface area contributed by atoms with Crippen LogP contribution >= 0.6 is 15.9 Å². The summed E-state index contributed by atoms with van der Waals surface area (Å²) in [6.45, 7) is 4.19. The van der Waals surface area contributed by atoms with Gasteiger partial charge in [-0.2, -0.15) is 0 Å². The lowest BCUT2D eigenvalue weighted by Crippen LogP contribution is -2.39. The van der Waals surface area contributed by atoms with Crippen LogP contribution in [0.2, 0.25) is 0 Å². The Bertz CT molecular complexity index is 456. The van der Waals surface area contributed by atoms with Crippen LogP contribution in [-0.2, 0) is 4.79 Å². The Morgan fingerprint density at radius 1 is 1.47 bits per heavy atom. The molecule has 5 heteroatoms. The van der Waals surface area contributed by atoms with E-state index in [0.29, 0.717) is 13.0 Å². The predicted molar refractivity (Wildman–Crippen MR) is 84.6 cm³/mol. The summed E-state index contributed by atoms with van der Waals surface area (Å²) in [6, 6.07) is 5.82. The maximum absolute atomic E-state index is 12.4. The average molecular weight is 328 g/mol. The molecule has 19 heavy (non-hydrogen) atoms. The van der Waals surface area contributed by atoms with Gasteiger partial charge in [-0.3, -0.25) is 4.79 Å². The lowest BCUT2D eigenvalue weighted by molar-refractivity contribution is -0.124. The second-order valence-electron chi connectivity index (χ2n) is 5.13. The number of anilines is 2. The molecule has 0 heterocycles. The van der Waals surface area contributed by atoms with E-state index in [4.69, 9.17) is 5.73 Å². The fraction of sp³-hybridized carbons (Fsp3) is 0.500. The molecule has 0 bridgehead atoms. The number of carbonyl (C=O) groups is 1. The van der Waals surface area contributed by atoms with E-state index in [9.17, 15) is 4.79 Å². The highest BCUT2D eigenvalue weighted by molar-refractivity contribution is 9.10. The van der Waals surface area contributed by atoms with Gasteiger partial charge in [-0.25, -0.2) is 0 Å². The Balaban J connectivity index is 3.05. The van der Waals surface area contributed by atoms with Crippen LogP contribution < -0.4 is 16.0 Å². The van der Waals surface area contributed by atoms with E-state index < -0.39 is 5.41 Å². The number of benzene rings is 1. The van der Waals surface area contributed by atoms with Gasteiger partial charge in [0.1, 0.15) is 0 Å². The molecular weight excluding hydrogens is 306 g/mol. The fourth-order valence-electron chi connectivity index (χ4n) is 1.67. The number of hydrogen-bond acceptors (Lipinski definition) is 3. The quantitative estimate of drug-likeness (QED) is 0.874. The van der Waals surface area contributed by atoms with Gasteiger partial charge in [-0.1, -0.05) is 22.9 Å². The third-order valence-corrected chi connectivity index (χ3v) is 3.96. The summed E-state index contributed by atoms with van der Waals surface area (Å²) in [5, 5.41) is 2.98. The summed E-state index contributed by atoms with van der Waals surface area (Å²) in [5.41, 5.74) is 6.94. The third kappa shape index (κ3) is 3.70. The second kappa shape index (κ2) is 6.39. The van der Waals surface area contributed by atoms with Crippen LogP contribution in [0.4, 0.5) is 11.4 Å². The zero-order valence-corrected chi connectivity index (χ0v) is 13.5. The largest absolute Gasteiger partial charge is 0.376 e. The first-order valence-corrected chi connectivity index (χ1v) is 7.11. The van der Waals surface area contributed by atoms with Crippen molar-refractivity contribution < 1.29 is 4.79 Å². The van der Waals surface area contributed by atoms with Gasteiger partial charge in [0.05, 0.1) is 16.8 Å². The molecule has 1 rings (SSSR count). The summed E-state index contributed by atoms with van der Waals surface area (Å²) in [6.07, 6.45) is 0.709. The van der Waals surface area contributed by atoms with Gasteiger partial charge in [0.2, 0.25) is 5.91 Å². The summed E-state index contributed by atoms with van der Waals surface area (Å²) >= 11 is 3.43. The highest BCUT2D eigenvalue weighted by atomic mass is 79.9. The van der Waals surface area contributed by atoms with Gasteiger partial charge in [0.25, 0.3) is 0 Å². The van der Waals surface area contributed by atoms with Crippen LogP contribution in [0, 0.1) is 5.41 Å². The number of nitrogens with two attached hydrogens (primary N) is 1. The maximum Gasteiger partial charge on any atom is 0.231 e. The minimum Gasteiger partial charge on any atom is -0.376 e. The van der Waals surface area contributed by atoms with Crippen molar-refractivity contribution in [3.63, 3.8) is 0 Å². The Kier molecular flexibility index (Phi) is 5.38. The van der Waals surface area contributed by atoms with Crippen LogP contribution in [0.15, 0.2) is 22.7 Å². The number of carbonyl (C=O) groups excluding carboxylic acids is 1. The van der Waals surface area contributed by atoms with Crippen LogP contribution in [0.25, 0.3) is 0 Å². The molecule has 0 saturated heterocycles. The van der Waals surface area contributed by atoms with Crippen LogP contribution in [0.1, 0.15) is 20.3 Å². The monoisotopic (exact) mass is 327 g/mol. The highest BCUT2D eigenvalue weighted by Gasteiger charge is 2.30. The molecule has 1 unspecified atom stereocenters. The molecule has 0 aliphatic rings. The Labute approximate surface area is 123 Å². The summed E-state index contributed by atoms with van der Waals surface area (Å²) in [7, 11) is 3.89. The van der Waals surface area contributed by atoms with Crippen LogP contribution in [0.5, 0.6) is 0 Å². The molecule has 0 aliphatic carbocycles. The predicted octanol–water partition coefficient (Wildman–Crippen LogP) is 2.83. The molecular formula is C14H22BrN3O. The molecule has 0 saturated carbocycles. The number of rotatable bonds is 5. The van der Waals surface area contributed by atoms with Crippen molar-refractivity contribution in [2.45, 2.75) is 20.3 Å². The molecule has 1 atom stereocenters. The first-order valence-electron chi connectivity index (χ1n) is 6.32. The van der Waals surface area contributed by atoms with E-state index in [1.165, 1.54) is 0 Å². The van der Waals surface area contributed by atoms with Gasteiger partial charge < -0.3 is 16.0 Å². The van der Waals surface area contributed by atoms with Crippen molar-refractivity contribution in [3.05, 3.63) is 22.7 Å². The average Bonchev–Trinajstić information content (AvgIpc) is 2.37. The van der Waals surface area contributed by atoms with Gasteiger partial charge in [0.15, 0.2) is 0 Å². The van der Waals surface area contributed by atoms with Gasteiger partial charge >= 0.3 is 0 Å². The molecule has 1 aromatic carbocycles. The highest BCUT2D eigenvalue weighted by Crippen LogP contribution is 2.30. The lowest BCUT2D eigenvalue weighted by atomic mass is 9.86. The van der Waals surface area contributed by atoms with Crippen LogP contribution in [-0.4, -0.2) is 26.5 Å². The van der Waals surface area contributed by atoms with E-state index in [1.807, 2.05) is 51.0 Å². The first-order chi connectivity index (χ1) is 8.84. The normalized spacial score (nSPS) is 13.8. The molecule has 106 valence electrons. The molecule has 1 aromatic rings. The topological polar surface area (TPSA) is 58.4 Å². The van der Waals surface area contributed by atoms with Crippen molar-refractivity contribution >= 4 is 33.2 Å². The lowest BCUT2D eigenvalue weighted by Gasteiger charge is -2.26. The Morgan fingerprint density at radius 2 is 2.11 bits per heavy atom. The van der Waals surface area contributed by atoms with E-state index >= 15 is 0 Å². The molecule has 0 radical (unpaired) electrons. The molecule has 0 aliphatic heterocycles. The Morgan fingerprint density at radius 3 is 2.58 bits per heavy atom. The van der Waals surface area contributed by atoms with E-state index in [0.717, 1.165) is 15.8 Å². The summed E-state index contributed by atoms with van der Waals surface area (Å²) in [5.74, 6) is -0.0429. The van der Waals surface area contributed by atoms with E-state index in [2.05, 4.69) is 21.2 Å². The molecule has 4 nitrogen and oxygen atoms in total. The minimum absolute atomic E-state index is 0.0429. The molecule has 0 spiro atoms. The van der Waals surface area contributed by atoms with E-state index in [1.54, 1.807) is 0 Å². The van der Waals surface area contributed by atoms with Crippen molar-refractivity contribution in [2.75, 3.05) is 30.9 Å². The number of nitrogens with one attached hydrogen (secondary N) is 1. The molecule has 1 amide bonds. The SMILES string of the molecule is CCC(C)(CN)C(=O)Nc1cc(Br)ccc1N(C)C. The molecule has 3 N–H and O–H groups in total. The van der Waals surface area contributed by atoms with Gasteiger partial charge in [-0.05, 0) is 31.5 Å². The van der Waals surface area contributed by atoms with Crippen LogP contribution in [0.3, 0.4) is 0 Å². The van der Waals surface area contributed by atoms with Crippen molar-refractivity contribution in [1.29, 1.82) is 0 Å². The molecule has 0 aromatic heterocycles. The number of amides is 1. The third-order valence-electron chi connectivity index (χ3n) is 3.47.